The van der Waals surface area contributed by atoms with Gasteiger partial charge in [-0.25, -0.2) is 0 Å². The molecule has 90 valence electrons. The number of halogens is 2. The molecule has 0 aliphatic heterocycles. The van der Waals surface area contributed by atoms with Gasteiger partial charge in [0.05, 0.1) is 11.6 Å². The van der Waals surface area contributed by atoms with E-state index < -0.39 is 0 Å². The third-order valence-corrected chi connectivity index (χ3v) is 3.34. The van der Waals surface area contributed by atoms with E-state index in [-0.39, 0.29) is 0 Å². The van der Waals surface area contributed by atoms with Crippen molar-refractivity contribution >= 4 is 35.8 Å². The third kappa shape index (κ3) is 4.86. The SMILES string of the molecule is SCCCCCCOc1cccc(Cl)c1Cl. The van der Waals surface area contributed by atoms with E-state index in [9.17, 15) is 0 Å². The zero-order chi connectivity index (χ0) is 11.8. The lowest BCUT2D eigenvalue weighted by molar-refractivity contribution is 0.305. The molecule has 1 aromatic rings. The van der Waals surface area contributed by atoms with E-state index in [0.717, 1.165) is 12.2 Å². The van der Waals surface area contributed by atoms with Gasteiger partial charge in [0.15, 0.2) is 0 Å². The van der Waals surface area contributed by atoms with Crippen LogP contribution in [0.1, 0.15) is 25.7 Å². The first kappa shape index (κ1) is 14.0. The predicted octanol–water partition coefficient (Wildman–Crippen LogP) is 4.86. The number of benzene rings is 1. The van der Waals surface area contributed by atoms with Gasteiger partial charge in [-0.15, -0.1) is 0 Å². The molecular weight excluding hydrogens is 263 g/mol. The first-order valence-corrected chi connectivity index (χ1v) is 6.82. The van der Waals surface area contributed by atoms with Gasteiger partial charge in [0.1, 0.15) is 10.8 Å². The Morgan fingerprint density at radius 1 is 1.06 bits per heavy atom. The maximum atomic E-state index is 5.99. The molecule has 0 unspecified atom stereocenters. The molecule has 0 heterocycles. The molecule has 1 aromatic carbocycles. The van der Waals surface area contributed by atoms with Crippen LogP contribution in [0.3, 0.4) is 0 Å². The Morgan fingerprint density at radius 2 is 1.81 bits per heavy atom. The summed E-state index contributed by atoms with van der Waals surface area (Å²) in [6.07, 6.45) is 4.58. The molecule has 0 amide bonds. The number of ether oxygens (including phenoxy) is 1. The molecule has 0 N–H and O–H groups in total. The molecule has 0 aromatic heterocycles. The molecule has 4 heteroatoms. The molecule has 0 fully saturated rings. The Balaban J connectivity index is 2.24. The van der Waals surface area contributed by atoms with E-state index in [1.54, 1.807) is 6.07 Å². The Morgan fingerprint density at radius 3 is 2.56 bits per heavy atom. The van der Waals surface area contributed by atoms with Crippen molar-refractivity contribution in [2.75, 3.05) is 12.4 Å². The molecule has 0 radical (unpaired) electrons. The van der Waals surface area contributed by atoms with E-state index in [4.69, 9.17) is 27.9 Å². The van der Waals surface area contributed by atoms with Gasteiger partial charge in [0, 0.05) is 0 Å². The maximum absolute atomic E-state index is 5.99. The zero-order valence-electron chi connectivity index (χ0n) is 9.09. The Hall–Kier alpha value is -0.0500. The summed E-state index contributed by atoms with van der Waals surface area (Å²) in [5, 5.41) is 1.04. The summed E-state index contributed by atoms with van der Waals surface area (Å²) in [6.45, 7) is 0.687. The van der Waals surface area contributed by atoms with Crippen LogP contribution < -0.4 is 4.74 Å². The number of rotatable bonds is 7. The lowest BCUT2D eigenvalue weighted by Crippen LogP contribution is -1.98. The molecule has 0 atom stereocenters. The van der Waals surface area contributed by atoms with Crippen LogP contribution in [0.15, 0.2) is 18.2 Å². The second kappa shape index (κ2) is 8.10. The van der Waals surface area contributed by atoms with Gasteiger partial charge in [-0.05, 0) is 30.7 Å². The summed E-state index contributed by atoms with van der Waals surface area (Å²) >= 11 is 16.0. The van der Waals surface area contributed by atoms with Gasteiger partial charge < -0.3 is 4.74 Å². The van der Waals surface area contributed by atoms with Crippen molar-refractivity contribution in [1.29, 1.82) is 0 Å². The van der Waals surface area contributed by atoms with Crippen LogP contribution in [0.25, 0.3) is 0 Å². The minimum absolute atomic E-state index is 0.500. The summed E-state index contributed by atoms with van der Waals surface area (Å²) in [5.74, 6) is 1.63. The Kier molecular flexibility index (Phi) is 7.10. The summed E-state index contributed by atoms with van der Waals surface area (Å²) in [5.41, 5.74) is 0. The molecule has 0 saturated heterocycles. The summed E-state index contributed by atoms with van der Waals surface area (Å²) in [6, 6.07) is 5.43. The molecule has 0 aliphatic rings. The topological polar surface area (TPSA) is 9.23 Å². The lowest BCUT2D eigenvalue weighted by atomic mass is 10.2. The van der Waals surface area contributed by atoms with Gasteiger partial charge >= 0.3 is 0 Å². The number of hydrogen-bond donors (Lipinski definition) is 1. The second-order valence-electron chi connectivity index (χ2n) is 3.54. The fourth-order valence-corrected chi connectivity index (χ4v) is 1.92. The predicted molar refractivity (Wildman–Crippen MR) is 74.3 cm³/mol. The van der Waals surface area contributed by atoms with Gasteiger partial charge in [-0.1, -0.05) is 42.1 Å². The number of unbranched alkanes of at least 4 members (excludes halogenated alkanes) is 3. The Labute approximate surface area is 112 Å². The smallest absolute Gasteiger partial charge is 0.139 e. The molecule has 0 aliphatic carbocycles. The van der Waals surface area contributed by atoms with Crippen molar-refractivity contribution < 1.29 is 4.74 Å². The molecular formula is C12H16Cl2OS. The number of hydrogen-bond acceptors (Lipinski definition) is 2. The van der Waals surface area contributed by atoms with Crippen LogP contribution in [-0.2, 0) is 0 Å². The minimum atomic E-state index is 0.500. The van der Waals surface area contributed by atoms with Crippen LogP contribution in [0, 0.1) is 0 Å². The zero-order valence-corrected chi connectivity index (χ0v) is 11.5. The fraction of sp³-hybridized carbons (Fsp3) is 0.500. The average Bonchev–Trinajstić information content (AvgIpc) is 2.29. The summed E-state index contributed by atoms with van der Waals surface area (Å²) < 4.78 is 5.56. The van der Waals surface area contributed by atoms with E-state index in [0.29, 0.717) is 22.4 Å². The first-order chi connectivity index (χ1) is 7.75. The van der Waals surface area contributed by atoms with Crippen molar-refractivity contribution in [3.63, 3.8) is 0 Å². The minimum Gasteiger partial charge on any atom is -0.492 e. The average molecular weight is 279 g/mol. The largest absolute Gasteiger partial charge is 0.492 e. The Bertz CT molecular complexity index is 318. The van der Waals surface area contributed by atoms with E-state index >= 15 is 0 Å². The molecule has 0 saturated carbocycles. The highest BCUT2D eigenvalue weighted by Gasteiger charge is 2.04. The van der Waals surface area contributed by atoms with Crippen molar-refractivity contribution in [3.05, 3.63) is 28.2 Å². The molecule has 1 nitrogen and oxygen atoms in total. The van der Waals surface area contributed by atoms with E-state index in [1.165, 1.54) is 19.3 Å². The standard InChI is InChI=1S/C12H16Cl2OS/c13-10-6-5-7-11(12(10)14)15-8-3-1-2-4-9-16/h5-7,16H,1-4,8-9H2. The monoisotopic (exact) mass is 278 g/mol. The van der Waals surface area contributed by atoms with E-state index in [2.05, 4.69) is 12.6 Å². The summed E-state index contributed by atoms with van der Waals surface area (Å²) in [7, 11) is 0. The van der Waals surface area contributed by atoms with Gasteiger partial charge in [0.25, 0.3) is 0 Å². The fourth-order valence-electron chi connectivity index (χ4n) is 1.35. The highest BCUT2D eigenvalue weighted by Crippen LogP contribution is 2.31. The highest BCUT2D eigenvalue weighted by atomic mass is 35.5. The molecule has 0 bridgehead atoms. The normalized spacial score (nSPS) is 10.4. The lowest BCUT2D eigenvalue weighted by Gasteiger charge is -2.08. The molecule has 16 heavy (non-hydrogen) atoms. The van der Waals surface area contributed by atoms with Crippen LogP contribution >= 0.6 is 35.8 Å². The van der Waals surface area contributed by atoms with Gasteiger partial charge in [-0.2, -0.15) is 12.6 Å². The van der Waals surface area contributed by atoms with Gasteiger partial charge in [-0.3, -0.25) is 0 Å². The maximum Gasteiger partial charge on any atom is 0.139 e. The molecule has 0 spiro atoms. The summed E-state index contributed by atoms with van der Waals surface area (Å²) in [4.78, 5) is 0. The van der Waals surface area contributed by atoms with Crippen LogP contribution in [0.2, 0.25) is 10.0 Å². The van der Waals surface area contributed by atoms with Crippen molar-refractivity contribution in [1.82, 2.24) is 0 Å². The quantitative estimate of drug-likeness (QED) is 0.554. The second-order valence-corrected chi connectivity index (χ2v) is 4.77. The highest BCUT2D eigenvalue weighted by molar-refractivity contribution is 7.80. The van der Waals surface area contributed by atoms with Crippen LogP contribution in [0.4, 0.5) is 0 Å². The van der Waals surface area contributed by atoms with Crippen molar-refractivity contribution in [3.8, 4) is 5.75 Å². The third-order valence-electron chi connectivity index (χ3n) is 2.23. The van der Waals surface area contributed by atoms with Crippen molar-refractivity contribution in [2.24, 2.45) is 0 Å². The first-order valence-electron chi connectivity index (χ1n) is 5.43. The van der Waals surface area contributed by atoms with E-state index in [1.807, 2.05) is 12.1 Å². The van der Waals surface area contributed by atoms with Crippen molar-refractivity contribution in [2.45, 2.75) is 25.7 Å². The molecule has 1 rings (SSSR count). The van der Waals surface area contributed by atoms with Crippen LogP contribution in [0.5, 0.6) is 5.75 Å². The van der Waals surface area contributed by atoms with Crippen LogP contribution in [-0.4, -0.2) is 12.4 Å². The van der Waals surface area contributed by atoms with Gasteiger partial charge in [0.2, 0.25) is 0 Å². The number of thiol groups is 1.